The molecule has 3 rings (SSSR count). The van der Waals surface area contributed by atoms with Crippen LogP contribution < -0.4 is 4.74 Å². The van der Waals surface area contributed by atoms with Gasteiger partial charge in [0.1, 0.15) is 5.75 Å². The summed E-state index contributed by atoms with van der Waals surface area (Å²) in [6.07, 6.45) is 0. The second kappa shape index (κ2) is 7.07. The van der Waals surface area contributed by atoms with E-state index in [9.17, 15) is 9.90 Å². The molecule has 0 aliphatic heterocycles. The molecular weight excluding hydrogens is 431 g/mol. The summed E-state index contributed by atoms with van der Waals surface area (Å²) in [7, 11) is 1.57. The van der Waals surface area contributed by atoms with Gasteiger partial charge in [0.15, 0.2) is 5.69 Å². The van der Waals surface area contributed by atoms with Crippen LogP contribution >= 0.6 is 39.1 Å². The van der Waals surface area contributed by atoms with Gasteiger partial charge in [0, 0.05) is 10.6 Å². The Morgan fingerprint density at radius 1 is 1.20 bits per heavy atom. The number of ether oxygens (including phenoxy) is 1. The molecule has 0 bridgehead atoms. The predicted octanol–water partition coefficient (Wildman–Crippen LogP) is 5.32. The number of aromatic nitrogens is 2. The topological polar surface area (TPSA) is 64.3 Å². The Morgan fingerprint density at radius 3 is 2.44 bits per heavy atom. The molecule has 5 nitrogen and oxygen atoms in total. The monoisotopic (exact) mass is 440 g/mol. The Bertz CT molecular complexity index is 955. The first-order valence-electron chi connectivity index (χ1n) is 7.04. The quantitative estimate of drug-likeness (QED) is 0.595. The molecule has 1 heterocycles. The number of hydrogen-bond donors (Lipinski definition) is 1. The minimum atomic E-state index is -1.15. The number of carbonyl (C=O) groups is 1. The van der Waals surface area contributed by atoms with Gasteiger partial charge in [-0.2, -0.15) is 5.10 Å². The first-order valence-corrected chi connectivity index (χ1v) is 8.59. The van der Waals surface area contributed by atoms with Crippen molar-refractivity contribution in [3.05, 3.63) is 62.7 Å². The number of carboxylic acid groups (broad SMARTS) is 1. The van der Waals surface area contributed by atoms with Crippen LogP contribution in [-0.2, 0) is 0 Å². The van der Waals surface area contributed by atoms with E-state index in [0.29, 0.717) is 31.6 Å². The normalized spacial score (nSPS) is 10.7. The highest BCUT2D eigenvalue weighted by molar-refractivity contribution is 9.10. The second-order valence-electron chi connectivity index (χ2n) is 5.05. The summed E-state index contributed by atoms with van der Waals surface area (Å²) >= 11 is 15.6. The molecule has 0 aliphatic rings. The van der Waals surface area contributed by atoms with E-state index in [2.05, 4.69) is 21.0 Å². The smallest absolute Gasteiger partial charge is 0.357 e. The van der Waals surface area contributed by atoms with E-state index in [0.717, 1.165) is 5.56 Å². The average molecular weight is 442 g/mol. The van der Waals surface area contributed by atoms with E-state index in [1.54, 1.807) is 37.4 Å². The van der Waals surface area contributed by atoms with Crippen LogP contribution in [0.5, 0.6) is 5.75 Å². The van der Waals surface area contributed by atoms with Gasteiger partial charge in [-0.1, -0.05) is 23.2 Å². The summed E-state index contributed by atoms with van der Waals surface area (Å²) < 4.78 is 7.00. The molecule has 0 aliphatic carbocycles. The van der Waals surface area contributed by atoms with Crippen LogP contribution in [0.4, 0.5) is 0 Å². The molecule has 0 fully saturated rings. The summed E-state index contributed by atoms with van der Waals surface area (Å²) in [6, 6.07) is 12.1. The summed E-state index contributed by atoms with van der Waals surface area (Å²) in [4.78, 5) is 11.5. The van der Waals surface area contributed by atoms with Crippen LogP contribution in [0.25, 0.3) is 16.9 Å². The van der Waals surface area contributed by atoms with Crippen LogP contribution in [-0.4, -0.2) is 28.0 Å². The molecule has 0 radical (unpaired) electrons. The summed E-state index contributed by atoms with van der Waals surface area (Å²) in [6.45, 7) is 0. The third-order valence-corrected chi connectivity index (χ3v) is 4.82. The fourth-order valence-corrected chi connectivity index (χ4v) is 3.50. The zero-order chi connectivity index (χ0) is 18.1. The van der Waals surface area contributed by atoms with Crippen molar-refractivity contribution in [2.24, 2.45) is 0 Å². The number of aromatic carboxylic acids is 1. The second-order valence-corrected chi connectivity index (χ2v) is 6.69. The number of carboxylic acids is 1. The molecule has 0 spiro atoms. The Kier molecular flexibility index (Phi) is 5.03. The fraction of sp³-hybridized carbons (Fsp3) is 0.0588. The molecule has 25 heavy (non-hydrogen) atoms. The molecule has 8 heteroatoms. The van der Waals surface area contributed by atoms with Crippen molar-refractivity contribution in [2.45, 2.75) is 0 Å². The predicted molar refractivity (Wildman–Crippen MR) is 100 cm³/mol. The maximum Gasteiger partial charge on any atom is 0.357 e. The number of nitrogens with zero attached hydrogens (tertiary/aromatic N) is 2. The third kappa shape index (κ3) is 3.38. The standard InChI is InChI=1S/C17H11BrCl2N2O3/c1-25-11-5-2-9(3-6-11)16-14(18)15(17(23)24)21-22(16)13-7-4-10(19)8-12(13)20/h2-8H,1H3,(H,23,24). The molecule has 0 saturated heterocycles. The Balaban J connectivity index is 2.26. The van der Waals surface area contributed by atoms with Crippen molar-refractivity contribution in [3.63, 3.8) is 0 Å². The van der Waals surface area contributed by atoms with Crippen molar-refractivity contribution in [1.82, 2.24) is 9.78 Å². The largest absolute Gasteiger partial charge is 0.497 e. The molecule has 128 valence electrons. The lowest BCUT2D eigenvalue weighted by atomic mass is 10.1. The maximum atomic E-state index is 11.5. The van der Waals surface area contributed by atoms with Crippen LogP contribution in [0.1, 0.15) is 10.5 Å². The maximum absolute atomic E-state index is 11.5. The first kappa shape index (κ1) is 17.8. The van der Waals surface area contributed by atoms with Gasteiger partial charge >= 0.3 is 5.97 Å². The van der Waals surface area contributed by atoms with Crippen molar-refractivity contribution in [3.8, 4) is 22.7 Å². The number of hydrogen-bond acceptors (Lipinski definition) is 3. The average Bonchev–Trinajstić information content (AvgIpc) is 2.92. The van der Waals surface area contributed by atoms with Gasteiger partial charge in [0.2, 0.25) is 0 Å². The van der Waals surface area contributed by atoms with Crippen LogP contribution in [0.3, 0.4) is 0 Å². The minimum absolute atomic E-state index is 0.114. The molecule has 3 aromatic rings. The lowest BCUT2D eigenvalue weighted by Crippen LogP contribution is -2.03. The van der Waals surface area contributed by atoms with Crippen LogP contribution in [0.2, 0.25) is 10.0 Å². The summed E-state index contributed by atoms with van der Waals surface area (Å²) in [5.74, 6) is -0.459. The molecule has 1 aromatic heterocycles. The highest BCUT2D eigenvalue weighted by Gasteiger charge is 2.24. The molecule has 2 aromatic carbocycles. The van der Waals surface area contributed by atoms with Gasteiger partial charge in [0.05, 0.1) is 28.0 Å². The van der Waals surface area contributed by atoms with E-state index in [-0.39, 0.29) is 5.69 Å². The Labute approximate surface area is 161 Å². The van der Waals surface area contributed by atoms with Crippen molar-refractivity contribution in [2.75, 3.05) is 7.11 Å². The lowest BCUT2D eigenvalue weighted by molar-refractivity contribution is 0.0689. The minimum Gasteiger partial charge on any atom is -0.497 e. The van der Waals surface area contributed by atoms with Crippen LogP contribution in [0.15, 0.2) is 46.9 Å². The Hall–Kier alpha value is -2.02. The van der Waals surface area contributed by atoms with E-state index in [4.69, 9.17) is 27.9 Å². The van der Waals surface area contributed by atoms with Gasteiger partial charge in [-0.25, -0.2) is 9.48 Å². The van der Waals surface area contributed by atoms with Gasteiger partial charge < -0.3 is 9.84 Å². The fourth-order valence-electron chi connectivity index (χ4n) is 2.36. The molecule has 0 saturated carbocycles. The molecule has 0 atom stereocenters. The highest BCUT2D eigenvalue weighted by atomic mass is 79.9. The van der Waals surface area contributed by atoms with Gasteiger partial charge in [-0.05, 0) is 58.4 Å². The molecule has 1 N–H and O–H groups in total. The van der Waals surface area contributed by atoms with Crippen molar-refractivity contribution >= 4 is 45.1 Å². The van der Waals surface area contributed by atoms with E-state index < -0.39 is 5.97 Å². The van der Waals surface area contributed by atoms with E-state index >= 15 is 0 Å². The van der Waals surface area contributed by atoms with Gasteiger partial charge in [0.25, 0.3) is 0 Å². The SMILES string of the molecule is COc1ccc(-c2c(Br)c(C(=O)O)nn2-c2ccc(Cl)cc2Cl)cc1. The van der Waals surface area contributed by atoms with E-state index in [1.165, 1.54) is 4.68 Å². The Morgan fingerprint density at radius 2 is 1.88 bits per heavy atom. The number of benzene rings is 2. The van der Waals surface area contributed by atoms with Gasteiger partial charge in [-0.3, -0.25) is 0 Å². The zero-order valence-electron chi connectivity index (χ0n) is 12.8. The lowest BCUT2D eigenvalue weighted by Gasteiger charge is -2.11. The first-order chi connectivity index (χ1) is 11.9. The van der Waals surface area contributed by atoms with E-state index in [1.807, 2.05) is 12.1 Å². The van der Waals surface area contributed by atoms with Crippen molar-refractivity contribution < 1.29 is 14.6 Å². The molecular formula is C17H11BrCl2N2O3. The summed E-state index contributed by atoms with van der Waals surface area (Å²) in [5.41, 5.74) is 1.71. The highest BCUT2D eigenvalue weighted by Crippen LogP contribution is 2.36. The number of halogens is 3. The van der Waals surface area contributed by atoms with Gasteiger partial charge in [-0.15, -0.1) is 0 Å². The number of rotatable bonds is 4. The number of methoxy groups -OCH3 is 1. The van der Waals surface area contributed by atoms with Crippen molar-refractivity contribution in [1.29, 1.82) is 0 Å². The summed E-state index contributed by atoms with van der Waals surface area (Å²) in [5, 5.41) is 14.4. The molecule has 0 amide bonds. The zero-order valence-corrected chi connectivity index (χ0v) is 15.9. The third-order valence-electron chi connectivity index (χ3n) is 3.53. The van der Waals surface area contributed by atoms with Crippen LogP contribution in [0, 0.1) is 0 Å². The molecule has 0 unspecified atom stereocenters.